The molecule has 116 valence electrons. The van der Waals surface area contributed by atoms with E-state index < -0.39 is 23.8 Å². The van der Waals surface area contributed by atoms with E-state index >= 15 is 0 Å². The fourth-order valence-electron chi connectivity index (χ4n) is 1.94. The molecule has 3 N–H and O–H groups in total. The lowest BCUT2D eigenvalue weighted by molar-refractivity contribution is 0.170. The summed E-state index contributed by atoms with van der Waals surface area (Å²) in [4.78, 5) is 11.7. The first kappa shape index (κ1) is 15.9. The standard InChI is InChI=1S/C16H16F2N2O2/c1-10-6-7-11(17)8-14(10)20-16(22)19-9-15(21)12-4-2-3-5-13(12)18/h2-8,15,21H,9H2,1H3,(H2,19,20,22). The number of amides is 2. The van der Waals surface area contributed by atoms with E-state index in [0.717, 1.165) is 0 Å². The zero-order valence-corrected chi connectivity index (χ0v) is 11.9. The molecule has 4 nitrogen and oxygen atoms in total. The molecular weight excluding hydrogens is 290 g/mol. The van der Waals surface area contributed by atoms with Crippen LogP contribution in [-0.4, -0.2) is 17.7 Å². The molecule has 0 saturated carbocycles. The van der Waals surface area contributed by atoms with E-state index in [2.05, 4.69) is 10.6 Å². The maximum absolute atomic E-state index is 13.5. The lowest BCUT2D eigenvalue weighted by Gasteiger charge is -2.14. The first-order valence-electron chi connectivity index (χ1n) is 6.71. The number of hydrogen-bond donors (Lipinski definition) is 3. The number of carbonyl (C=O) groups excluding carboxylic acids is 1. The predicted molar refractivity (Wildman–Crippen MR) is 79.5 cm³/mol. The number of urea groups is 1. The molecular formula is C16H16F2N2O2. The van der Waals surface area contributed by atoms with Crippen molar-refractivity contribution in [2.45, 2.75) is 13.0 Å². The van der Waals surface area contributed by atoms with Crippen molar-refractivity contribution >= 4 is 11.7 Å². The number of hydrogen-bond acceptors (Lipinski definition) is 2. The number of aliphatic hydroxyl groups excluding tert-OH is 1. The second kappa shape index (κ2) is 7.00. The van der Waals surface area contributed by atoms with Gasteiger partial charge < -0.3 is 15.7 Å². The molecule has 0 bridgehead atoms. The lowest BCUT2D eigenvalue weighted by atomic mass is 10.1. The van der Waals surface area contributed by atoms with Crippen molar-refractivity contribution in [2.24, 2.45) is 0 Å². The van der Waals surface area contributed by atoms with Crippen LogP contribution in [0.2, 0.25) is 0 Å². The van der Waals surface area contributed by atoms with Crippen molar-refractivity contribution < 1.29 is 18.7 Å². The Bertz CT molecular complexity index is 677. The van der Waals surface area contributed by atoms with Gasteiger partial charge in [0.15, 0.2) is 0 Å². The fraction of sp³-hybridized carbons (Fsp3) is 0.188. The minimum Gasteiger partial charge on any atom is -0.386 e. The van der Waals surface area contributed by atoms with Crippen LogP contribution in [0.5, 0.6) is 0 Å². The summed E-state index contributed by atoms with van der Waals surface area (Å²) in [6, 6.07) is 9.20. The summed E-state index contributed by atoms with van der Waals surface area (Å²) >= 11 is 0. The first-order chi connectivity index (χ1) is 10.5. The van der Waals surface area contributed by atoms with E-state index in [1.807, 2.05) is 0 Å². The van der Waals surface area contributed by atoms with Gasteiger partial charge in [0, 0.05) is 17.8 Å². The zero-order chi connectivity index (χ0) is 16.1. The number of aliphatic hydroxyl groups is 1. The normalized spacial score (nSPS) is 11.8. The summed E-state index contributed by atoms with van der Waals surface area (Å²) in [5.74, 6) is -1.01. The van der Waals surface area contributed by atoms with Crippen molar-refractivity contribution in [1.29, 1.82) is 0 Å². The molecule has 0 radical (unpaired) electrons. The summed E-state index contributed by atoms with van der Waals surface area (Å²) in [5, 5.41) is 14.8. The Labute approximate surface area is 126 Å². The average molecular weight is 306 g/mol. The van der Waals surface area contributed by atoms with Crippen molar-refractivity contribution in [2.75, 3.05) is 11.9 Å². The van der Waals surface area contributed by atoms with E-state index in [-0.39, 0.29) is 12.1 Å². The molecule has 0 aliphatic carbocycles. The molecule has 0 saturated heterocycles. The second-order valence-corrected chi connectivity index (χ2v) is 4.83. The molecule has 2 aromatic rings. The average Bonchev–Trinajstić information content (AvgIpc) is 2.49. The highest BCUT2D eigenvalue weighted by Gasteiger charge is 2.13. The third-order valence-corrected chi connectivity index (χ3v) is 3.17. The Morgan fingerprint density at radius 2 is 1.95 bits per heavy atom. The molecule has 6 heteroatoms. The summed E-state index contributed by atoms with van der Waals surface area (Å²) in [6.07, 6.45) is -1.17. The quantitative estimate of drug-likeness (QED) is 0.812. The minimum atomic E-state index is -1.17. The van der Waals surface area contributed by atoms with Crippen LogP contribution in [0.15, 0.2) is 42.5 Å². The number of anilines is 1. The van der Waals surface area contributed by atoms with Crippen LogP contribution in [0, 0.1) is 18.6 Å². The van der Waals surface area contributed by atoms with Crippen LogP contribution in [0.4, 0.5) is 19.3 Å². The number of carbonyl (C=O) groups is 1. The number of benzene rings is 2. The molecule has 1 unspecified atom stereocenters. The molecule has 0 heterocycles. The monoisotopic (exact) mass is 306 g/mol. The SMILES string of the molecule is Cc1ccc(F)cc1NC(=O)NCC(O)c1ccccc1F. The topological polar surface area (TPSA) is 61.4 Å². The van der Waals surface area contributed by atoms with Gasteiger partial charge >= 0.3 is 6.03 Å². The van der Waals surface area contributed by atoms with E-state index in [1.165, 1.54) is 30.3 Å². The zero-order valence-electron chi connectivity index (χ0n) is 11.9. The molecule has 22 heavy (non-hydrogen) atoms. The number of aryl methyl sites for hydroxylation is 1. The largest absolute Gasteiger partial charge is 0.386 e. The molecule has 2 aromatic carbocycles. The highest BCUT2D eigenvalue weighted by atomic mass is 19.1. The van der Waals surface area contributed by atoms with Gasteiger partial charge in [-0.3, -0.25) is 0 Å². The van der Waals surface area contributed by atoms with E-state index in [0.29, 0.717) is 11.3 Å². The van der Waals surface area contributed by atoms with Gasteiger partial charge in [-0.15, -0.1) is 0 Å². The molecule has 0 aromatic heterocycles. The molecule has 2 rings (SSSR count). The lowest BCUT2D eigenvalue weighted by Crippen LogP contribution is -2.32. The van der Waals surface area contributed by atoms with Crippen molar-refractivity contribution in [1.82, 2.24) is 5.32 Å². The molecule has 0 spiro atoms. The maximum Gasteiger partial charge on any atom is 0.319 e. The van der Waals surface area contributed by atoms with Gasteiger partial charge in [-0.05, 0) is 30.7 Å². The van der Waals surface area contributed by atoms with Gasteiger partial charge in [0.2, 0.25) is 0 Å². The van der Waals surface area contributed by atoms with Gasteiger partial charge in [-0.1, -0.05) is 24.3 Å². The highest BCUT2D eigenvalue weighted by Crippen LogP contribution is 2.17. The summed E-state index contributed by atoms with van der Waals surface area (Å²) in [7, 11) is 0. The summed E-state index contributed by atoms with van der Waals surface area (Å²) in [6.45, 7) is 1.56. The molecule has 0 fully saturated rings. The van der Waals surface area contributed by atoms with Crippen molar-refractivity contribution in [3.8, 4) is 0 Å². The fourth-order valence-corrected chi connectivity index (χ4v) is 1.94. The molecule has 1 atom stereocenters. The Balaban J connectivity index is 1.93. The predicted octanol–water partition coefficient (Wildman–Crippen LogP) is 3.13. The van der Waals surface area contributed by atoms with Crippen LogP contribution in [0.25, 0.3) is 0 Å². The van der Waals surface area contributed by atoms with Gasteiger partial charge in [-0.25, -0.2) is 13.6 Å². The third-order valence-electron chi connectivity index (χ3n) is 3.17. The van der Waals surface area contributed by atoms with E-state index in [4.69, 9.17) is 0 Å². The summed E-state index contributed by atoms with van der Waals surface area (Å²) in [5.41, 5.74) is 1.13. The third kappa shape index (κ3) is 4.02. The van der Waals surface area contributed by atoms with E-state index in [9.17, 15) is 18.7 Å². The second-order valence-electron chi connectivity index (χ2n) is 4.83. The van der Waals surface area contributed by atoms with Crippen LogP contribution < -0.4 is 10.6 Å². The molecule has 0 aliphatic rings. The Hall–Kier alpha value is -2.47. The van der Waals surface area contributed by atoms with Crippen LogP contribution in [0.3, 0.4) is 0 Å². The first-order valence-corrected chi connectivity index (χ1v) is 6.71. The number of nitrogens with one attached hydrogen (secondary N) is 2. The van der Waals surface area contributed by atoms with Gasteiger partial charge in [-0.2, -0.15) is 0 Å². The minimum absolute atomic E-state index is 0.102. The van der Waals surface area contributed by atoms with Crippen LogP contribution in [0.1, 0.15) is 17.2 Å². The highest BCUT2D eigenvalue weighted by molar-refractivity contribution is 5.90. The van der Waals surface area contributed by atoms with Crippen molar-refractivity contribution in [3.05, 3.63) is 65.2 Å². The Morgan fingerprint density at radius 3 is 2.68 bits per heavy atom. The Morgan fingerprint density at radius 1 is 1.23 bits per heavy atom. The summed E-state index contributed by atoms with van der Waals surface area (Å²) < 4.78 is 26.6. The van der Waals surface area contributed by atoms with Gasteiger partial charge in [0.05, 0.1) is 6.10 Å². The van der Waals surface area contributed by atoms with Gasteiger partial charge in [0.25, 0.3) is 0 Å². The molecule has 2 amide bonds. The smallest absolute Gasteiger partial charge is 0.319 e. The number of halogens is 2. The molecule has 0 aliphatic heterocycles. The van der Waals surface area contributed by atoms with Crippen LogP contribution >= 0.6 is 0 Å². The maximum atomic E-state index is 13.5. The Kier molecular flexibility index (Phi) is 5.06. The van der Waals surface area contributed by atoms with Gasteiger partial charge in [0.1, 0.15) is 11.6 Å². The number of rotatable bonds is 4. The van der Waals surface area contributed by atoms with Crippen molar-refractivity contribution in [3.63, 3.8) is 0 Å². The van der Waals surface area contributed by atoms with E-state index in [1.54, 1.807) is 19.1 Å². The van der Waals surface area contributed by atoms with Crippen LogP contribution in [-0.2, 0) is 0 Å².